The van der Waals surface area contributed by atoms with E-state index in [0.717, 1.165) is 8.95 Å². The van der Waals surface area contributed by atoms with Crippen molar-refractivity contribution in [3.05, 3.63) is 300 Å². The van der Waals surface area contributed by atoms with Crippen LogP contribution >= 0.6 is 88.5 Å². The van der Waals surface area contributed by atoms with Crippen LogP contribution in [0.1, 0.15) is 0 Å². The number of hydrogen-bond acceptors (Lipinski definition) is 5. The molecule has 0 unspecified atom stereocenters. The van der Waals surface area contributed by atoms with E-state index < -0.39 is 0 Å². The molecule has 0 saturated carbocycles. The normalized spacial score (nSPS) is 12.3. The number of aromatic nitrogens is 3. The van der Waals surface area contributed by atoms with Gasteiger partial charge in [-0.1, -0.05) is 184 Å². The van der Waals surface area contributed by atoms with Crippen LogP contribution in [0.4, 0.5) is 0 Å². The van der Waals surface area contributed by atoms with Crippen molar-refractivity contribution in [3.63, 3.8) is 0 Å². The van der Waals surface area contributed by atoms with Crippen LogP contribution in [0.15, 0.2) is 300 Å². The van der Waals surface area contributed by atoms with Gasteiger partial charge in [-0.25, -0.2) is 0 Å². The average molecular weight is 1490 g/mol. The molecule has 0 saturated heterocycles. The van der Waals surface area contributed by atoms with E-state index in [-0.39, 0.29) is 0 Å². The Labute approximate surface area is 607 Å². The number of hydrogen-bond donors (Lipinski definition) is 1. The Kier molecular flexibility index (Phi) is 12.8. The van der Waals surface area contributed by atoms with Crippen molar-refractivity contribution in [2.75, 3.05) is 0 Å². The summed E-state index contributed by atoms with van der Waals surface area (Å²) in [5.74, 6) is 0. The van der Waals surface area contributed by atoms with Crippen LogP contribution in [0.2, 0.25) is 0 Å². The first-order valence-corrected chi connectivity index (χ1v) is 39.0. The lowest BCUT2D eigenvalue weighted by Gasteiger charge is -2.10. The van der Waals surface area contributed by atoms with Crippen LogP contribution in [0, 0.1) is 0 Å². The zero-order valence-corrected chi connectivity index (χ0v) is 60.2. The lowest BCUT2D eigenvalue weighted by Crippen LogP contribution is -1.93. The zero-order chi connectivity index (χ0) is 65.6. The maximum absolute atomic E-state index is 3.55. The van der Waals surface area contributed by atoms with Crippen LogP contribution in [-0.4, -0.2) is 14.1 Å². The lowest BCUT2D eigenvalue weighted by atomic mass is 10.0. The SMILES string of the molecule is Brc1ccc2c(c1)sc1cc(Br)ccc12.c1ccc2c(c1)[nH]c1cc3ccc4sc5ccccc5c4c3cc12.c1ccc2c(c1)sc1ccc3cc4c(cc3c12)c1ccccc1n4-c1ccc2c(c1)sc1cc(-n3c4ccccc4c4cc5c(ccc6sc7ccccc7c65)cc43)ccc12. The van der Waals surface area contributed by atoms with E-state index in [4.69, 9.17) is 0 Å². The summed E-state index contributed by atoms with van der Waals surface area (Å²) in [5.41, 5.74) is 9.73. The predicted molar refractivity (Wildman–Crippen MR) is 450 cm³/mol. The minimum atomic E-state index is 1.14. The molecule has 0 bridgehead atoms. The second kappa shape index (κ2) is 22.1. The standard InChI is InChI=1S/C56H30N2S3.C22H13NS.C12H6Br2S/c1-5-13-45-35(9-1)43-29-41-31(17-23-51-55(41)39-11-3-7-15-49(39)59-51)25-47(43)57(45)33-19-21-37-38-22-20-34(28-54(38)61-53(37)27-33)58-46-14-6-2-10-36(46)44-30-42-32(26-48(44)58)18-24-52-56(42)40-12-4-8-16-50(40)60-52;1-3-7-18-14(5-1)17-12-16-13(11-19(17)23-18)9-10-21-22(16)15-6-2-4-8-20(15)24-21;13-7-1-3-9-10-4-2-8(14)6-12(10)15-11(9)5-7/h1-30H;1-12,23H;1-6H. The van der Waals surface area contributed by atoms with Crippen LogP contribution in [0.25, 0.3) is 210 Å². The number of fused-ring (bicyclic) bond motifs is 30. The number of rotatable bonds is 2. The van der Waals surface area contributed by atoms with Gasteiger partial charge in [0.05, 0.1) is 22.1 Å². The van der Waals surface area contributed by atoms with E-state index >= 15 is 0 Å². The fourth-order valence-electron chi connectivity index (χ4n) is 16.2. The minimum absolute atomic E-state index is 1.14. The fraction of sp³-hybridized carbons (Fsp3) is 0. The Bertz CT molecular complexity index is 7320. The van der Waals surface area contributed by atoms with E-state index in [1.807, 2.05) is 56.7 Å². The van der Waals surface area contributed by atoms with E-state index in [9.17, 15) is 0 Å². The maximum atomic E-state index is 3.55. The van der Waals surface area contributed by atoms with Crippen molar-refractivity contribution in [3.8, 4) is 11.4 Å². The summed E-state index contributed by atoms with van der Waals surface area (Å²) in [6.45, 7) is 0. The van der Waals surface area contributed by atoms with Crippen LogP contribution in [-0.2, 0) is 0 Å². The molecular weight excluding hydrogens is 1440 g/mol. The third-order valence-electron chi connectivity index (χ3n) is 20.6. The largest absolute Gasteiger partial charge is 0.354 e. The third-order valence-corrected chi connectivity index (χ3v) is 27.3. The van der Waals surface area contributed by atoms with Crippen molar-refractivity contribution < 1.29 is 0 Å². The van der Waals surface area contributed by atoms with Gasteiger partial charge in [0, 0.05) is 165 Å². The zero-order valence-electron chi connectivity index (χ0n) is 52.9. The highest BCUT2D eigenvalue weighted by Crippen LogP contribution is 2.48. The molecule has 0 aliphatic rings. The number of nitrogens with one attached hydrogen (secondary N) is 1. The molecule has 24 rings (SSSR count). The molecule has 8 heterocycles. The van der Waals surface area contributed by atoms with Crippen molar-refractivity contribution in [2.45, 2.75) is 0 Å². The molecule has 0 aliphatic carbocycles. The van der Waals surface area contributed by atoms with E-state index in [1.165, 1.54) is 210 Å². The molecule has 100 heavy (non-hydrogen) atoms. The Morgan fingerprint density at radius 2 is 0.570 bits per heavy atom. The molecule has 0 amide bonds. The number of halogens is 2. The van der Waals surface area contributed by atoms with E-state index in [2.05, 4.69) is 337 Å². The summed E-state index contributed by atoms with van der Waals surface area (Å²) in [4.78, 5) is 3.55. The molecule has 24 aromatic rings. The number of thiophene rings is 5. The Morgan fingerprint density at radius 1 is 0.210 bits per heavy atom. The summed E-state index contributed by atoms with van der Waals surface area (Å²) in [7, 11) is 0. The van der Waals surface area contributed by atoms with Gasteiger partial charge in [-0.05, 0) is 172 Å². The second-order valence-corrected chi connectivity index (χ2v) is 33.4. The summed E-state index contributed by atoms with van der Waals surface area (Å²) >= 11 is 16.4. The number of H-pyrrole nitrogens is 1. The quantitative estimate of drug-likeness (QED) is 0.179. The molecule has 0 radical (unpaired) electrons. The summed E-state index contributed by atoms with van der Waals surface area (Å²) in [6, 6.07) is 108. The average Bonchev–Trinajstić information content (AvgIpc) is 1.57. The van der Waals surface area contributed by atoms with Crippen molar-refractivity contribution in [1.82, 2.24) is 14.1 Å². The smallest absolute Gasteiger partial charge is 0.0547 e. The Morgan fingerprint density at radius 3 is 1.03 bits per heavy atom. The van der Waals surface area contributed by atoms with Gasteiger partial charge in [0.25, 0.3) is 0 Å². The Balaban J connectivity index is 0.000000132. The fourth-order valence-corrected chi connectivity index (χ4v) is 23.0. The van der Waals surface area contributed by atoms with Crippen molar-refractivity contribution in [1.29, 1.82) is 0 Å². The molecule has 1 N–H and O–H groups in total. The van der Waals surface area contributed by atoms with Gasteiger partial charge < -0.3 is 14.1 Å². The van der Waals surface area contributed by atoms with Crippen molar-refractivity contribution in [2.24, 2.45) is 0 Å². The number of benzene rings is 16. The van der Waals surface area contributed by atoms with Gasteiger partial charge >= 0.3 is 0 Å². The summed E-state index contributed by atoms with van der Waals surface area (Å²) < 4.78 is 20.6. The lowest BCUT2D eigenvalue weighted by molar-refractivity contribution is 1.19. The molecule has 0 aliphatic heterocycles. The van der Waals surface area contributed by atoms with E-state index in [1.54, 1.807) is 0 Å². The molecular formula is C90H49Br2N3S5. The number of nitrogens with zero attached hydrogens (tertiary/aromatic N) is 2. The van der Waals surface area contributed by atoms with Crippen molar-refractivity contribution >= 4 is 287 Å². The highest BCUT2D eigenvalue weighted by molar-refractivity contribution is 9.10. The van der Waals surface area contributed by atoms with Crippen LogP contribution in [0.5, 0.6) is 0 Å². The number of aromatic amines is 1. The summed E-state index contributed by atoms with van der Waals surface area (Å²) in [6.07, 6.45) is 0. The van der Waals surface area contributed by atoms with Gasteiger partial charge in [-0.3, -0.25) is 0 Å². The topological polar surface area (TPSA) is 25.6 Å². The first-order chi connectivity index (χ1) is 49.3. The molecule has 10 heteroatoms. The monoisotopic (exact) mass is 1490 g/mol. The molecule has 0 fully saturated rings. The molecule has 0 spiro atoms. The van der Waals surface area contributed by atoms with Gasteiger partial charge in [-0.2, -0.15) is 0 Å². The Hall–Kier alpha value is -10.2. The molecule has 468 valence electrons. The minimum Gasteiger partial charge on any atom is -0.354 e. The first kappa shape index (κ1) is 57.6. The summed E-state index contributed by atoms with van der Waals surface area (Å²) in [5, 5.41) is 29.0. The van der Waals surface area contributed by atoms with Gasteiger partial charge in [0.1, 0.15) is 0 Å². The highest BCUT2D eigenvalue weighted by atomic mass is 79.9. The molecule has 3 nitrogen and oxygen atoms in total. The third kappa shape index (κ3) is 8.75. The highest BCUT2D eigenvalue weighted by Gasteiger charge is 2.21. The van der Waals surface area contributed by atoms with Crippen LogP contribution < -0.4 is 0 Å². The van der Waals surface area contributed by atoms with E-state index in [0.29, 0.717) is 0 Å². The second-order valence-electron chi connectivity index (χ2n) is 26.1. The first-order valence-electron chi connectivity index (χ1n) is 33.4. The molecule has 0 atom stereocenters. The maximum Gasteiger partial charge on any atom is 0.0547 e. The van der Waals surface area contributed by atoms with Gasteiger partial charge in [0.15, 0.2) is 0 Å². The molecule has 8 aromatic heterocycles. The predicted octanol–water partition coefficient (Wildman–Crippen LogP) is 29.7. The van der Waals surface area contributed by atoms with Crippen LogP contribution in [0.3, 0.4) is 0 Å². The number of para-hydroxylation sites is 3. The molecule has 16 aromatic carbocycles. The van der Waals surface area contributed by atoms with Gasteiger partial charge in [0.2, 0.25) is 0 Å². The van der Waals surface area contributed by atoms with Gasteiger partial charge in [-0.15, -0.1) is 56.7 Å².